The molecular formula is C16H25ClN2O. The number of carbonyl (C=O) groups is 1. The topological polar surface area (TPSA) is 32.3 Å². The monoisotopic (exact) mass is 296 g/mol. The molecular weight excluding hydrogens is 272 g/mol. The van der Waals surface area contributed by atoms with Gasteiger partial charge in [-0.3, -0.25) is 4.79 Å². The minimum atomic E-state index is 0. The van der Waals surface area contributed by atoms with Crippen LogP contribution in [0.25, 0.3) is 0 Å². The number of nitrogens with one attached hydrogen (secondary N) is 1. The van der Waals surface area contributed by atoms with E-state index in [1.807, 2.05) is 17.0 Å². The number of hydrogen-bond donors (Lipinski definition) is 1. The lowest BCUT2D eigenvalue weighted by Gasteiger charge is -2.34. The summed E-state index contributed by atoms with van der Waals surface area (Å²) in [5, 5.41) is 3.31. The number of carbonyl (C=O) groups excluding carboxylic acids is 1. The maximum Gasteiger partial charge on any atom is 0.254 e. The average Bonchev–Trinajstić information content (AvgIpc) is 2.38. The summed E-state index contributed by atoms with van der Waals surface area (Å²) in [7, 11) is 0. The molecule has 1 amide bonds. The van der Waals surface area contributed by atoms with Crippen LogP contribution in [0.5, 0.6) is 0 Å². The zero-order valence-corrected chi connectivity index (χ0v) is 13.6. The summed E-state index contributed by atoms with van der Waals surface area (Å²) in [6, 6.07) is 8.32. The van der Waals surface area contributed by atoms with E-state index in [4.69, 9.17) is 0 Å². The maximum atomic E-state index is 12.5. The second-order valence-electron chi connectivity index (χ2n) is 6.38. The first-order valence-corrected chi connectivity index (χ1v) is 7.02. The predicted octanol–water partition coefficient (Wildman–Crippen LogP) is 2.84. The molecule has 2 rings (SSSR count). The summed E-state index contributed by atoms with van der Waals surface area (Å²) in [5.74, 6) is 0.148. The van der Waals surface area contributed by atoms with Crippen molar-refractivity contribution in [2.45, 2.75) is 39.2 Å². The van der Waals surface area contributed by atoms with Gasteiger partial charge in [-0.15, -0.1) is 12.4 Å². The highest BCUT2D eigenvalue weighted by atomic mass is 35.5. The van der Waals surface area contributed by atoms with Gasteiger partial charge in [0, 0.05) is 31.2 Å². The molecule has 1 fully saturated rings. The first kappa shape index (κ1) is 17.0. The van der Waals surface area contributed by atoms with Crippen molar-refractivity contribution < 1.29 is 4.79 Å². The Bertz CT molecular complexity index is 451. The molecule has 0 aromatic heterocycles. The normalized spacial score (nSPS) is 19.4. The highest BCUT2D eigenvalue weighted by Crippen LogP contribution is 2.22. The first-order chi connectivity index (χ1) is 8.89. The van der Waals surface area contributed by atoms with Crippen molar-refractivity contribution in [1.29, 1.82) is 0 Å². The van der Waals surface area contributed by atoms with Crippen LogP contribution in [-0.4, -0.2) is 36.5 Å². The molecule has 1 N–H and O–H groups in total. The predicted molar refractivity (Wildman–Crippen MR) is 85.8 cm³/mol. The Balaban J connectivity index is 0.00000200. The molecule has 20 heavy (non-hydrogen) atoms. The Hall–Kier alpha value is -1.06. The molecule has 1 atom stereocenters. The average molecular weight is 297 g/mol. The van der Waals surface area contributed by atoms with Gasteiger partial charge in [-0.1, -0.05) is 32.9 Å². The van der Waals surface area contributed by atoms with Gasteiger partial charge in [0.05, 0.1) is 0 Å². The molecule has 1 aromatic rings. The SMILES string of the molecule is C[C@H]1CNCCN1C(=O)c1ccc(C(C)(C)C)cc1.Cl. The summed E-state index contributed by atoms with van der Waals surface area (Å²) in [4.78, 5) is 14.4. The number of benzene rings is 1. The van der Waals surface area contributed by atoms with Crippen molar-refractivity contribution in [1.82, 2.24) is 10.2 Å². The molecule has 0 radical (unpaired) electrons. The molecule has 1 saturated heterocycles. The number of rotatable bonds is 1. The number of amides is 1. The minimum Gasteiger partial charge on any atom is -0.333 e. The fraction of sp³-hybridized carbons (Fsp3) is 0.562. The number of piperazine rings is 1. The van der Waals surface area contributed by atoms with Gasteiger partial charge in [-0.2, -0.15) is 0 Å². The van der Waals surface area contributed by atoms with Gasteiger partial charge < -0.3 is 10.2 Å². The number of halogens is 1. The summed E-state index contributed by atoms with van der Waals surface area (Å²) in [6.07, 6.45) is 0. The van der Waals surface area contributed by atoms with Crippen LogP contribution in [0.3, 0.4) is 0 Å². The van der Waals surface area contributed by atoms with Crippen molar-refractivity contribution in [3.8, 4) is 0 Å². The lowest BCUT2D eigenvalue weighted by molar-refractivity contribution is 0.0655. The van der Waals surface area contributed by atoms with E-state index in [-0.39, 0.29) is 29.8 Å². The van der Waals surface area contributed by atoms with Gasteiger partial charge in [-0.25, -0.2) is 0 Å². The van der Waals surface area contributed by atoms with Crippen LogP contribution in [0.15, 0.2) is 24.3 Å². The standard InChI is InChI=1S/C16H24N2O.ClH/c1-12-11-17-9-10-18(12)15(19)13-5-7-14(8-6-13)16(2,3)4;/h5-8,12,17H,9-11H2,1-4H3;1H/t12-;/m0./s1. The molecule has 1 aromatic carbocycles. The Morgan fingerprint density at radius 3 is 2.35 bits per heavy atom. The quantitative estimate of drug-likeness (QED) is 0.864. The Kier molecular flexibility index (Phi) is 5.60. The number of hydrogen-bond acceptors (Lipinski definition) is 2. The third-order valence-corrected chi connectivity index (χ3v) is 3.76. The largest absolute Gasteiger partial charge is 0.333 e. The third-order valence-electron chi connectivity index (χ3n) is 3.76. The van der Waals surface area contributed by atoms with Crippen LogP contribution in [0.1, 0.15) is 43.6 Å². The van der Waals surface area contributed by atoms with E-state index in [2.05, 4.69) is 45.1 Å². The van der Waals surface area contributed by atoms with Gasteiger partial charge >= 0.3 is 0 Å². The van der Waals surface area contributed by atoms with Crippen molar-refractivity contribution in [3.63, 3.8) is 0 Å². The highest BCUT2D eigenvalue weighted by Gasteiger charge is 2.24. The fourth-order valence-corrected chi connectivity index (χ4v) is 2.42. The van der Waals surface area contributed by atoms with E-state index < -0.39 is 0 Å². The van der Waals surface area contributed by atoms with Crippen molar-refractivity contribution in [3.05, 3.63) is 35.4 Å². The molecule has 0 spiro atoms. The summed E-state index contributed by atoms with van der Waals surface area (Å²) in [6.45, 7) is 11.2. The Morgan fingerprint density at radius 2 is 1.85 bits per heavy atom. The van der Waals surface area contributed by atoms with Gasteiger partial charge in [0.15, 0.2) is 0 Å². The Morgan fingerprint density at radius 1 is 1.25 bits per heavy atom. The van der Waals surface area contributed by atoms with Crippen LogP contribution in [0.4, 0.5) is 0 Å². The van der Waals surface area contributed by atoms with Crippen LogP contribution >= 0.6 is 12.4 Å². The molecule has 112 valence electrons. The minimum absolute atomic E-state index is 0. The van der Waals surface area contributed by atoms with Gasteiger partial charge in [0.25, 0.3) is 5.91 Å². The second kappa shape index (κ2) is 6.59. The van der Waals surface area contributed by atoms with E-state index in [9.17, 15) is 4.79 Å². The van der Waals surface area contributed by atoms with E-state index in [0.717, 1.165) is 25.2 Å². The van der Waals surface area contributed by atoms with Crippen LogP contribution in [-0.2, 0) is 5.41 Å². The van der Waals surface area contributed by atoms with Gasteiger partial charge in [0.2, 0.25) is 0 Å². The molecule has 0 saturated carbocycles. The van der Waals surface area contributed by atoms with Gasteiger partial charge in [-0.05, 0) is 30.0 Å². The molecule has 4 heteroatoms. The van der Waals surface area contributed by atoms with E-state index in [1.165, 1.54) is 5.56 Å². The highest BCUT2D eigenvalue weighted by molar-refractivity contribution is 5.94. The summed E-state index contributed by atoms with van der Waals surface area (Å²) >= 11 is 0. The lowest BCUT2D eigenvalue weighted by atomic mass is 9.86. The zero-order valence-electron chi connectivity index (χ0n) is 12.8. The van der Waals surface area contributed by atoms with Crippen molar-refractivity contribution >= 4 is 18.3 Å². The maximum absolute atomic E-state index is 12.5. The van der Waals surface area contributed by atoms with Crippen molar-refractivity contribution in [2.75, 3.05) is 19.6 Å². The van der Waals surface area contributed by atoms with E-state index >= 15 is 0 Å². The van der Waals surface area contributed by atoms with E-state index in [1.54, 1.807) is 0 Å². The first-order valence-electron chi connectivity index (χ1n) is 7.02. The summed E-state index contributed by atoms with van der Waals surface area (Å²) < 4.78 is 0. The molecule has 1 aliphatic heterocycles. The van der Waals surface area contributed by atoms with E-state index in [0.29, 0.717) is 0 Å². The summed E-state index contributed by atoms with van der Waals surface area (Å²) in [5.41, 5.74) is 2.18. The van der Waals surface area contributed by atoms with Crippen LogP contribution in [0, 0.1) is 0 Å². The molecule has 0 unspecified atom stereocenters. The smallest absolute Gasteiger partial charge is 0.254 e. The molecule has 0 bridgehead atoms. The Labute approximate surface area is 128 Å². The molecule has 3 nitrogen and oxygen atoms in total. The van der Waals surface area contributed by atoms with Crippen LogP contribution in [0.2, 0.25) is 0 Å². The molecule has 1 aliphatic rings. The molecule has 1 heterocycles. The fourth-order valence-electron chi connectivity index (χ4n) is 2.42. The zero-order chi connectivity index (χ0) is 14.0. The number of nitrogens with zero attached hydrogens (tertiary/aromatic N) is 1. The van der Waals surface area contributed by atoms with Gasteiger partial charge in [0.1, 0.15) is 0 Å². The van der Waals surface area contributed by atoms with Crippen LogP contribution < -0.4 is 5.32 Å². The third kappa shape index (κ3) is 3.74. The second-order valence-corrected chi connectivity index (χ2v) is 6.38. The van der Waals surface area contributed by atoms with Crippen molar-refractivity contribution in [2.24, 2.45) is 0 Å². The lowest BCUT2D eigenvalue weighted by Crippen LogP contribution is -2.52. The molecule has 0 aliphatic carbocycles.